The molecule has 0 atom stereocenters. The lowest BCUT2D eigenvalue weighted by molar-refractivity contribution is -0.129. The highest BCUT2D eigenvalue weighted by Crippen LogP contribution is 2.24. The summed E-state index contributed by atoms with van der Waals surface area (Å²) in [4.78, 5) is 28.6. The van der Waals surface area contributed by atoms with Gasteiger partial charge in [0.1, 0.15) is 5.84 Å². The lowest BCUT2D eigenvalue weighted by Crippen LogP contribution is -2.38. The van der Waals surface area contributed by atoms with E-state index in [4.69, 9.17) is 5.73 Å². The fourth-order valence-corrected chi connectivity index (χ4v) is 1.90. The Labute approximate surface area is 87.6 Å². The molecule has 15 heavy (non-hydrogen) atoms. The molecule has 0 fully saturated rings. The van der Waals surface area contributed by atoms with Gasteiger partial charge in [0.15, 0.2) is 5.78 Å². The Balaban J connectivity index is 2.28. The molecule has 0 unspecified atom stereocenters. The van der Waals surface area contributed by atoms with Gasteiger partial charge in [0, 0.05) is 19.0 Å². The Morgan fingerprint density at radius 2 is 2.27 bits per heavy atom. The first-order chi connectivity index (χ1) is 7.08. The lowest BCUT2D eigenvalue weighted by Gasteiger charge is -2.29. The van der Waals surface area contributed by atoms with E-state index in [1.165, 1.54) is 6.92 Å². The van der Waals surface area contributed by atoms with E-state index in [-0.39, 0.29) is 18.1 Å². The smallest absolute Gasteiger partial charge is 0.219 e. The van der Waals surface area contributed by atoms with Crippen molar-refractivity contribution in [3.63, 3.8) is 0 Å². The molecule has 2 rings (SSSR count). The fraction of sp³-hybridized carbons (Fsp3) is 0.500. The van der Waals surface area contributed by atoms with Crippen LogP contribution in [0.5, 0.6) is 0 Å². The predicted octanol–water partition coefficient (Wildman–Crippen LogP) is -0.177. The third-order valence-electron chi connectivity index (χ3n) is 2.72. The van der Waals surface area contributed by atoms with Crippen molar-refractivity contribution >= 4 is 17.5 Å². The minimum Gasteiger partial charge on any atom is -0.387 e. The van der Waals surface area contributed by atoms with Crippen molar-refractivity contribution in [3.05, 3.63) is 11.3 Å². The lowest BCUT2D eigenvalue weighted by atomic mass is 9.96. The minimum absolute atomic E-state index is 0.00773. The van der Waals surface area contributed by atoms with Crippen molar-refractivity contribution in [3.8, 4) is 0 Å². The number of aliphatic imine (C=N–C) groups is 1. The molecular formula is C10H13N3O2. The van der Waals surface area contributed by atoms with Crippen LogP contribution in [0.1, 0.15) is 19.8 Å². The zero-order chi connectivity index (χ0) is 11.0. The van der Waals surface area contributed by atoms with E-state index < -0.39 is 0 Å². The highest BCUT2D eigenvalue weighted by molar-refractivity contribution is 6.11. The van der Waals surface area contributed by atoms with Gasteiger partial charge in [0.05, 0.1) is 18.7 Å². The number of carbonyl (C=O) groups is 2. The average molecular weight is 207 g/mol. The minimum atomic E-state index is 0.00773. The molecule has 2 aliphatic rings. The third-order valence-corrected chi connectivity index (χ3v) is 2.72. The van der Waals surface area contributed by atoms with Crippen LogP contribution in [0.25, 0.3) is 0 Å². The molecule has 0 aliphatic carbocycles. The third kappa shape index (κ3) is 1.77. The van der Waals surface area contributed by atoms with Gasteiger partial charge in [0.25, 0.3) is 0 Å². The Morgan fingerprint density at radius 1 is 1.53 bits per heavy atom. The number of nitrogens with two attached hydrogens (primary N) is 1. The highest BCUT2D eigenvalue weighted by Gasteiger charge is 2.27. The Kier molecular flexibility index (Phi) is 2.30. The molecule has 80 valence electrons. The number of hydrogen-bond donors (Lipinski definition) is 1. The first-order valence-corrected chi connectivity index (χ1v) is 4.91. The number of amides is 1. The number of nitrogens with zero attached hydrogens (tertiary/aromatic N) is 2. The van der Waals surface area contributed by atoms with Gasteiger partial charge in [-0.25, -0.2) is 4.99 Å². The van der Waals surface area contributed by atoms with E-state index in [1.54, 1.807) is 4.90 Å². The number of carbonyl (C=O) groups excluding carboxylic acids is 2. The summed E-state index contributed by atoms with van der Waals surface area (Å²) in [6, 6.07) is 0. The fourth-order valence-electron chi connectivity index (χ4n) is 1.90. The molecule has 0 spiro atoms. The maximum absolute atomic E-state index is 11.6. The molecule has 5 heteroatoms. The van der Waals surface area contributed by atoms with Crippen LogP contribution in [0, 0.1) is 0 Å². The summed E-state index contributed by atoms with van der Waals surface area (Å²) >= 11 is 0. The van der Waals surface area contributed by atoms with Crippen molar-refractivity contribution in [2.45, 2.75) is 19.8 Å². The van der Waals surface area contributed by atoms with Crippen molar-refractivity contribution < 1.29 is 9.59 Å². The van der Waals surface area contributed by atoms with Crippen LogP contribution < -0.4 is 5.73 Å². The summed E-state index contributed by atoms with van der Waals surface area (Å²) in [6.45, 7) is 2.54. The number of rotatable bonds is 0. The molecule has 5 nitrogen and oxygen atoms in total. The Bertz CT molecular complexity index is 395. The maximum atomic E-state index is 11.6. The van der Waals surface area contributed by atoms with Crippen LogP contribution in [0.2, 0.25) is 0 Å². The predicted molar refractivity (Wildman–Crippen MR) is 55.1 cm³/mol. The van der Waals surface area contributed by atoms with Crippen LogP contribution in [-0.2, 0) is 9.59 Å². The summed E-state index contributed by atoms with van der Waals surface area (Å²) in [5.41, 5.74) is 6.97. The van der Waals surface area contributed by atoms with Crippen molar-refractivity contribution in [1.82, 2.24) is 4.90 Å². The molecule has 1 amide bonds. The van der Waals surface area contributed by atoms with Crippen LogP contribution in [0.15, 0.2) is 16.3 Å². The number of Topliss-reactive ketones (excluding diaryl/α,β-unsaturated/α-hetero) is 1. The summed E-state index contributed by atoms with van der Waals surface area (Å²) in [5.74, 6) is 0.415. The molecule has 2 aliphatic heterocycles. The quantitative estimate of drug-likeness (QED) is 0.598. The Hall–Kier alpha value is -1.65. The van der Waals surface area contributed by atoms with Gasteiger partial charge in [-0.3, -0.25) is 9.59 Å². The van der Waals surface area contributed by atoms with Crippen LogP contribution in [-0.4, -0.2) is 35.5 Å². The van der Waals surface area contributed by atoms with Crippen molar-refractivity contribution in [1.29, 1.82) is 0 Å². The first kappa shape index (κ1) is 9.89. The standard InChI is InChI=1S/C10H13N3O2/c1-6(14)13-3-2-7-8(5-13)12-10(11)4-9(7)15/h2-5H2,1H3,(H2,11,12). The molecule has 0 aromatic heterocycles. The zero-order valence-corrected chi connectivity index (χ0v) is 8.62. The van der Waals surface area contributed by atoms with Gasteiger partial charge in [0.2, 0.25) is 5.91 Å². The molecule has 0 radical (unpaired) electrons. The molecule has 0 bridgehead atoms. The summed E-state index contributed by atoms with van der Waals surface area (Å²) in [7, 11) is 0. The second-order valence-corrected chi connectivity index (χ2v) is 3.82. The largest absolute Gasteiger partial charge is 0.387 e. The van der Waals surface area contributed by atoms with Crippen LogP contribution in [0.4, 0.5) is 0 Å². The summed E-state index contributed by atoms with van der Waals surface area (Å²) < 4.78 is 0. The monoisotopic (exact) mass is 207 g/mol. The van der Waals surface area contributed by atoms with Gasteiger partial charge in [-0.2, -0.15) is 0 Å². The molecule has 0 aromatic rings. The Morgan fingerprint density at radius 3 is 2.93 bits per heavy atom. The van der Waals surface area contributed by atoms with Gasteiger partial charge >= 0.3 is 0 Å². The van der Waals surface area contributed by atoms with Gasteiger partial charge < -0.3 is 10.6 Å². The molecule has 2 N–H and O–H groups in total. The second kappa shape index (κ2) is 3.49. The number of hydrogen-bond acceptors (Lipinski definition) is 4. The molecule has 0 saturated heterocycles. The van der Waals surface area contributed by atoms with E-state index >= 15 is 0 Å². The van der Waals surface area contributed by atoms with E-state index in [2.05, 4.69) is 4.99 Å². The van der Waals surface area contributed by atoms with Crippen LogP contribution >= 0.6 is 0 Å². The number of amidine groups is 1. The molecule has 0 aromatic carbocycles. The van der Waals surface area contributed by atoms with Gasteiger partial charge in [-0.05, 0) is 6.42 Å². The number of ketones is 1. The van der Waals surface area contributed by atoms with Crippen molar-refractivity contribution in [2.75, 3.05) is 13.1 Å². The van der Waals surface area contributed by atoms with Crippen molar-refractivity contribution in [2.24, 2.45) is 10.7 Å². The summed E-state index contributed by atoms with van der Waals surface area (Å²) in [6.07, 6.45) is 0.823. The zero-order valence-electron chi connectivity index (χ0n) is 8.62. The molecular weight excluding hydrogens is 194 g/mol. The van der Waals surface area contributed by atoms with Crippen LogP contribution in [0.3, 0.4) is 0 Å². The van der Waals surface area contributed by atoms with E-state index in [9.17, 15) is 9.59 Å². The first-order valence-electron chi connectivity index (χ1n) is 4.91. The average Bonchev–Trinajstić information content (AvgIpc) is 2.16. The maximum Gasteiger partial charge on any atom is 0.219 e. The SMILES string of the molecule is CC(=O)N1CCC2=C(C1)N=C(N)CC2=O. The van der Waals surface area contributed by atoms with E-state index in [0.29, 0.717) is 31.0 Å². The second-order valence-electron chi connectivity index (χ2n) is 3.82. The topological polar surface area (TPSA) is 75.8 Å². The molecule has 2 heterocycles. The normalized spacial score (nSPS) is 21.3. The summed E-state index contributed by atoms with van der Waals surface area (Å²) in [5, 5.41) is 0. The molecule has 0 saturated carbocycles. The van der Waals surface area contributed by atoms with E-state index in [0.717, 1.165) is 5.57 Å². The van der Waals surface area contributed by atoms with E-state index in [1.807, 2.05) is 0 Å². The van der Waals surface area contributed by atoms with Gasteiger partial charge in [-0.15, -0.1) is 0 Å². The van der Waals surface area contributed by atoms with Gasteiger partial charge in [-0.1, -0.05) is 0 Å². The highest BCUT2D eigenvalue weighted by atomic mass is 16.2.